The molecule has 0 spiro atoms. The van der Waals surface area contributed by atoms with E-state index in [1.807, 2.05) is 0 Å². The average Bonchev–Trinajstić information content (AvgIpc) is 2.44. The number of hydrogen-bond acceptors (Lipinski definition) is 3. The van der Waals surface area contributed by atoms with Crippen LogP contribution in [0.4, 0.5) is 0 Å². The molecule has 1 aromatic carbocycles. The first-order chi connectivity index (χ1) is 9.85. The van der Waals surface area contributed by atoms with Gasteiger partial charge in [-0.05, 0) is 39.8 Å². The van der Waals surface area contributed by atoms with Crippen molar-refractivity contribution in [1.82, 2.24) is 9.80 Å². The molecule has 0 bridgehead atoms. The van der Waals surface area contributed by atoms with Gasteiger partial charge in [0.05, 0.1) is 0 Å². The monoisotopic (exact) mass is 289 g/mol. The molecule has 118 valence electrons. The molecule has 3 heteroatoms. The summed E-state index contributed by atoms with van der Waals surface area (Å²) in [6, 6.07) is 9.41. The lowest BCUT2D eigenvalue weighted by Crippen LogP contribution is -2.59. The zero-order chi connectivity index (χ0) is 15.6. The lowest BCUT2D eigenvalue weighted by atomic mass is 9.91. The van der Waals surface area contributed by atoms with Crippen molar-refractivity contribution in [2.24, 2.45) is 5.73 Å². The van der Waals surface area contributed by atoms with E-state index in [0.717, 1.165) is 26.1 Å². The van der Waals surface area contributed by atoms with Crippen LogP contribution in [0.15, 0.2) is 24.3 Å². The van der Waals surface area contributed by atoms with Gasteiger partial charge < -0.3 is 5.73 Å². The molecular weight excluding hydrogens is 258 g/mol. The molecule has 0 radical (unpaired) electrons. The van der Waals surface area contributed by atoms with E-state index in [4.69, 9.17) is 5.73 Å². The number of nitrogens with two attached hydrogens (primary N) is 1. The van der Waals surface area contributed by atoms with Gasteiger partial charge in [-0.2, -0.15) is 0 Å². The maximum absolute atomic E-state index is 6.49. The maximum atomic E-state index is 6.49. The standard InChI is InChI=1S/C18H31N3/c1-6-16(19)17(15-9-7-14(2)8-10-15)21-12-11-20(5)18(3,4)13-21/h7-10,16-17H,6,11-13,19H2,1-5H3. The molecule has 2 unspecified atom stereocenters. The fourth-order valence-corrected chi connectivity index (χ4v) is 3.23. The summed E-state index contributed by atoms with van der Waals surface area (Å²) in [5.74, 6) is 0. The van der Waals surface area contributed by atoms with Gasteiger partial charge in [-0.25, -0.2) is 0 Å². The topological polar surface area (TPSA) is 32.5 Å². The molecular formula is C18H31N3. The molecule has 0 saturated carbocycles. The van der Waals surface area contributed by atoms with Gasteiger partial charge in [0.1, 0.15) is 0 Å². The van der Waals surface area contributed by atoms with E-state index in [1.54, 1.807) is 0 Å². The van der Waals surface area contributed by atoms with E-state index >= 15 is 0 Å². The van der Waals surface area contributed by atoms with Crippen molar-refractivity contribution < 1.29 is 0 Å². The Morgan fingerprint density at radius 1 is 1.19 bits per heavy atom. The fraction of sp³-hybridized carbons (Fsp3) is 0.667. The number of likely N-dealkylation sites (N-methyl/N-ethyl adjacent to an activating group) is 1. The Morgan fingerprint density at radius 3 is 2.33 bits per heavy atom. The van der Waals surface area contributed by atoms with Crippen molar-refractivity contribution in [3.05, 3.63) is 35.4 Å². The van der Waals surface area contributed by atoms with Crippen LogP contribution in [0.25, 0.3) is 0 Å². The Bertz CT molecular complexity index is 452. The van der Waals surface area contributed by atoms with Crippen LogP contribution in [0.2, 0.25) is 0 Å². The van der Waals surface area contributed by atoms with Crippen molar-refractivity contribution in [1.29, 1.82) is 0 Å². The molecule has 1 aliphatic heterocycles. The maximum Gasteiger partial charge on any atom is 0.0500 e. The molecule has 3 nitrogen and oxygen atoms in total. The highest BCUT2D eigenvalue weighted by Gasteiger charge is 2.36. The molecule has 1 saturated heterocycles. The van der Waals surface area contributed by atoms with Crippen molar-refractivity contribution in [2.45, 2.75) is 51.7 Å². The Balaban J connectivity index is 2.26. The first-order valence-corrected chi connectivity index (χ1v) is 8.12. The van der Waals surface area contributed by atoms with Gasteiger partial charge in [0.15, 0.2) is 0 Å². The SMILES string of the molecule is CCC(N)C(c1ccc(C)cc1)N1CCN(C)C(C)(C)C1. The van der Waals surface area contributed by atoms with E-state index in [9.17, 15) is 0 Å². The summed E-state index contributed by atoms with van der Waals surface area (Å²) in [6.45, 7) is 12.2. The van der Waals surface area contributed by atoms with Crippen LogP contribution in [-0.4, -0.2) is 48.1 Å². The van der Waals surface area contributed by atoms with Crippen molar-refractivity contribution in [3.63, 3.8) is 0 Å². The van der Waals surface area contributed by atoms with Crippen LogP contribution in [-0.2, 0) is 0 Å². The minimum atomic E-state index is 0.187. The molecule has 2 atom stereocenters. The van der Waals surface area contributed by atoms with Crippen LogP contribution in [0.5, 0.6) is 0 Å². The Labute approximate surface area is 130 Å². The first-order valence-electron chi connectivity index (χ1n) is 8.12. The number of benzene rings is 1. The zero-order valence-electron chi connectivity index (χ0n) is 14.3. The molecule has 21 heavy (non-hydrogen) atoms. The van der Waals surface area contributed by atoms with E-state index in [1.165, 1.54) is 11.1 Å². The Morgan fingerprint density at radius 2 is 1.81 bits per heavy atom. The van der Waals surface area contributed by atoms with Gasteiger partial charge in [0.25, 0.3) is 0 Å². The number of hydrogen-bond donors (Lipinski definition) is 1. The lowest BCUT2D eigenvalue weighted by Gasteiger charge is -2.49. The second kappa shape index (κ2) is 6.47. The minimum absolute atomic E-state index is 0.187. The normalized spacial score (nSPS) is 23.0. The largest absolute Gasteiger partial charge is 0.326 e. The molecule has 1 heterocycles. The quantitative estimate of drug-likeness (QED) is 0.925. The first kappa shape index (κ1) is 16.5. The van der Waals surface area contributed by atoms with Crippen molar-refractivity contribution in [2.75, 3.05) is 26.7 Å². The number of nitrogens with zero attached hydrogens (tertiary/aromatic N) is 2. The van der Waals surface area contributed by atoms with E-state index in [0.29, 0.717) is 6.04 Å². The Hall–Kier alpha value is -0.900. The van der Waals surface area contributed by atoms with E-state index in [-0.39, 0.29) is 11.6 Å². The van der Waals surface area contributed by atoms with Crippen LogP contribution >= 0.6 is 0 Å². The summed E-state index contributed by atoms with van der Waals surface area (Å²) in [4.78, 5) is 5.03. The summed E-state index contributed by atoms with van der Waals surface area (Å²) in [6.07, 6.45) is 1.01. The molecule has 2 N–H and O–H groups in total. The third-order valence-corrected chi connectivity index (χ3v) is 5.04. The van der Waals surface area contributed by atoms with Gasteiger partial charge in [0.2, 0.25) is 0 Å². The molecule has 0 aromatic heterocycles. The predicted octanol–water partition coefficient (Wildman–Crippen LogP) is 2.80. The Kier molecular flexibility index (Phi) is 5.07. The summed E-state index contributed by atoms with van der Waals surface area (Å²) in [7, 11) is 2.22. The minimum Gasteiger partial charge on any atom is -0.326 e. The van der Waals surface area contributed by atoms with Crippen molar-refractivity contribution >= 4 is 0 Å². The third kappa shape index (κ3) is 3.65. The predicted molar refractivity (Wildman–Crippen MR) is 90.5 cm³/mol. The fourth-order valence-electron chi connectivity index (χ4n) is 3.23. The van der Waals surface area contributed by atoms with Gasteiger partial charge in [-0.1, -0.05) is 36.8 Å². The zero-order valence-corrected chi connectivity index (χ0v) is 14.3. The summed E-state index contributed by atoms with van der Waals surface area (Å²) in [5, 5.41) is 0. The highest BCUT2D eigenvalue weighted by Crippen LogP contribution is 2.30. The van der Waals surface area contributed by atoms with Crippen LogP contribution in [0.3, 0.4) is 0 Å². The molecule has 2 rings (SSSR count). The summed E-state index contributed by atoms with van der Waals surface area (Å²) in [5.41, 5.74) is 9.35. The molecule has 0 amide bonds. The third-order valence-electron chi connectivity index (χ3n) is 5.04. The van der Waals surface area contributed by atoms with Gasteiger partial charge in [0, 0.05) is 37.3 Å². The average molecular weight is 289 g/mol. The number of rotatable bonds is 4. The summed E-state index contributed by atoms with van der Waals surface area (Å²) < 4.78 is 0. The number of aryl methyl sites for hydroxylation is 1. The number of piperazine rings is 1. The molecule has 1 aliphatic rings. The van der Waals surface area contributed by atoms with E-state index < -0.39 is 0 Å². The molecule has 0 aliphatic carbocycles. The second-order valence-corrected chi connectivity index (χ2v) is 7.13. The molecule has 1 aromatic rings. The van der Waals surface area contributed by atoms with Crippen LogP contribution < -0.4 is 5.73 Å². The smallest absolute Gasteiger partial charge is 0.0500 e. The molecule has 1 fully saturated rings. The highest BCUT2D eigenvalue weighted by molar-refractivity contribution is 5.25. The summed E-state index contributed by atoms with van der Waals surface area (Å²) >= 11 is 0. The van der Waals surface area contributed by atoms with Gasteiger partial charge >= 0.3 is 0 Å². The van der Waals surface area contributed by atoms with Gasteiger partial charge in [-0.3, -0.25) is 9.80 Å². The van der Waals surface area contributed by atoms with Crippen LogP contribution in [0.1, 0.15) is 44.4 Å². The van der Waals surface area contributed by atoms with Crippen molar-refractivity contribution in [3.8, 4) is 0 Å². The van der Waals surface area contributed by atoms with Gasteiger partial charge in [-0.15, -0.1) is 0 Å². The van der Waals surface area contributed by atoms with E-state index in [2.05, 4.69) is 68.8 Å². The van der Waals surface area contributed by atoms with Crippen LogP contribution in [0, 0.1) is 6.92 Å². The second-order valence-electron chi connectivity index (χ2n) is 7.13. The lowest BCUT2D eigenvalue weighted by molar-refractivity contribution is 0.00954. The highest BCUT2D eigenvalue weighted by atomic mass is 15.3.